The second-order valence-electron chi connectivity index (χ2n) is 6.70. The van der Waals surface area contributed by atoms with Crippen LogP contribution in [0.25, 0.3) is 11.4 Å². The first-order valence-electron chi connectivity index (χ1n) is 9.10. The summed E-state index contributed by atoms with van der Waals surface area (Å²) in [5.41, 5.74) is 3.77. The zero-order valence-corrected chi connectivity index (χ0v) is 15.4. The van der Waals surface area contributed by atoms with Crippen molar-refractivity contribution in [2.45, 2.75) is 45.1 Å². The fraction of sp³-hybridized carbons (Fsp3) is 0.400. The monoisotopic (exact) mass is 367 g/mol. The highest BCUT2D eigenvalue weighted by Gasteiger charge is 2.27. The normalized spacial score (nSPS) is 15.9. The van der Waals surface area contributed by atoms with Crippen LogP contribution in [0.4, 0.5) is 0 Å². The molecular weight excluding hydrogens is 346 g/mol. The number of nitrogens with zero attached hydrogens (tertiary/aromatic N) is 3. The van der Waals surface area contributed by atoms with Crippen molar-refractivity contribution >= 4 is 5.78 Å². The zero-order valence-electron chi connectivity index (χ0n) is 15.4. The number of carbonyl (C=O) groups excluding carboxylic acids is 1. The Morgan fingerprint density at radius 3 is 2.96 bits per heavy atom. The van der Waals surface area contributed by atoms with Crippen LogP contribution in [-0.4, -0.2) is 28.0 Å². The third-order valence-corrected chi connectivity index (χ3v) is 4.91. The lowest BCUT2D eigenvalue weighted by Crippen LogP contribution is -2.06. The Bertz CT molecular complexity index is 960. The molecule has 0 bridgehead atoms. The van der Waals surface area contributed by atoms with Crippen molar-refractivity contribution in [3.05, 3.63) is 53.1 Å². The van der Waals surface area contributed by atoms with Gasteiger partial charge in [0.25, 0.3) is 0 Å². The highest BCUT2D eigenvalue weighted by atomic mass is 16.5. The minimum atomic E-state index is -0.00575. The molecule has 0 N–H and O–H groups in total. The fourth-order valence-electron chi connectivity index (χ4n) is 3.53. The van der Waals surface area contributed by atoms with E-state index in [2.05, 4.69) is 27.3 Å². The van der Waals surface area contributed by atoms with Crippen LogP contribution < -0.4 is 0 Å². The standard InChI is InChI=1S/C20H21N3O4/c1-3-18-22-20(23-27-18)14-6-7-15-12(8-14)4-5-13(15)9-17(24)16-10-26-19(21-16)11-25-2/h6-8,10,13H,3-5,9,11H2,1-2H3/t13-/m0/s1. The summed E-state index contributed by atoms with van der Waals surface area (Å²) in [6.45, 7) is 2.24. The van der Waals surface area contributed by atoms with Crippen molar-refractivity contribution in [2.75, 3.05) is 7.11 Å². The van der Waals surface area contributed by atoms with Crippen molar-refractivity contribution in [2.24, 2.45) is 0 Å². The summed E-state index contributed by atoms with van der Waals surface area (Å²) < 4.78 is 15.4. The number of aromatic nitrogens is 3. The van der Waals surface area contributed by atoms with Crippen LogP contribution in [-0.2, 0) is 24.2 Å². The van der Waals surface area contributed by atoms with E-state index in [0.717, 1.165) is 24.8 Å². The first-order valence-corrected chi connectivity index (χ1v) is 9.10. The van der Waals surface area contributed by atoms with E-state index in [1.165, 1.54) is 17.4 Å². The summed E-state index contributed by atoms with van der Waals surface area (Å²) in [6, 6.07) is 6.19. The molecule has 4 rings (SSSR count). The molecule has 1 aliphatic rings. The maximum Gasteiger partial charge on any atom is 0.226 e. The molecule has 1 aliphatic carbocycles. The highest BCUT2D eigenvalue weighted by molar-refractivity contribution is 5.94. The van der Waals surface area contributed by atoms with Gasteiger partial charge in [0.05, 0.1) is 0 Å². The molecule has 0 fully saturated rings. The van der Waals surface area contributed by atoms with Gasteiger partial charge in [0.15, 0.2) is 5.78 Å². The van der Waals surface area contributed by atoms with E-state index in [-0.39, 0.29) is 18.3 Å². The zero-order chi connectivity index (χ0) is 18.8. The van der Waals surface area contributed by atoms with Gasteiger partial charge in [-0.15, -0.1) is 0 Å². The first kappa shape index (κ1) is 17.6. The molecular formula is C20H21N3O4. The minimum Gasteiger partial charge on any atom is -0.446 e. The second-order valence-corrected chi connectivity index (χ2v) is 6.70. The predicted molar refractivity (Wildman–Crippen MR) is 96.3 cm³/mol. The molecule has 0 aliphatic heterocycles. The number of oxazole rings is 1. The predicted octanol–water partition coefficient (Wildman–Crippen LogP) is 3.74. The molecule has 0 amide bonds. The number of Topliss-reactive ketones (excluding diaryl/α,β-unsaturated/α-hetero) is 1. The number of fused-ring (bicyclic) bond motifs is 1. The average Bonchev–Trinajstić information content (AvgIpc) is 3.41. The van der Waals surface area contributed by atoms with Crippen LogP contribution in [0.1, 0.15) is 59.1 Å². The van der Waals surface area contributed by atoms with E-state index in [1.54, 1.807) is 7.11 Å². The van der Waals surface area contributed by atoms with Gasteiger partial charge >= 0.3 is 0 Å². The second kappa shape index (κ2) is 7.44. The largest absolute Gasteiger partial charge is 0.446 e. The Balaban J connectivity index is 1.49. The van der Waals surface area contributed by atoms with Gasteiger partial charge in [0.1, 0.15) is 18.6 Å². The van der Waals surface area contributed by atoms with Gasteiger partial charge in [0.2, 0.25) is 17.6 Å². The van der Waals surface area contributed by atoms with E-state index < -0.39 is 0 Å². The van der Waals surface area contributed by atoms with E-state index in [9.17, 15) is 4.79 Å². The molecule has 7 nitrogen and oxygen atoms in total. The number of rotatable bonds is 7. The molecule has 0 unspecified atom stereocenters. The maximum absolute atomic E-state index is 12.6. The van der Waals surface area contributed by atoms with E-state index in [0.29, 0.717) is 29.7 Å². The first-order chi connectivity index (χ1) is 13.2. The lowest BCUT2D eigenvalue weighted by Gasteiger charge is -2.10. The van der Waals surface area contributed by atoms with Crippen LogP contribution >= 0.6 is 0 Å². The SMILES string of the molecule is CCc1nc(-c2ccc3c(c2)CC[C@H]3CC(=O)c2coc(COC)n2)no1. The molecule has 0 saturated carbocycles. The average molecular weight is 367 g/mol. The van der Waals surface area contributed by atoms with Crippen molar-refractivity contribution in [3.8, 4) is 11.4 Å². The van der Waals surface area contributed by atoms with Gasteiger partial charge in [-0.05, 0) is 36.0 Å². The van der Waals surface area contributed by atoms with Crippen LogP contribution in [0.3, 0.4) is 0 Å². The number of ether oxygens (including phenoxy) is 1. The summed E-state index contributed by atoms with van der Waals surface area (Å²) in [5.74, 6) is 1.86. The lowest BCUT2D eigenvalue weighted by molar-refractivity contribution is 0.0968. The van der Waals surface area contributed by atoms with Crippen molar-refractivity contribution in [1.29, 1.82) is 0 Å². The van der Waals surface area contributed by atoms with Gasteiger partial charge in [-0.2, -0.15) is 4.98 Å². The Morgan fingerprint density at radius 1 is 1.30 bits per heavy atom. The third-order valence-electron chi connectivity index (χ3n) is 4.91. The van der Waals surface area contributed by atoms with Crippen molar-refractivity contribution in [3.63, 3.8) is 0 Å². The molecule has 27 heavy (non-hydrogen) atoms. The number of methoxy groups -OCH3 is 1. The molecule has 3 aromatic rings. The number of carbonyl (C=O) groups is 1. The Morgan fingerprint density at radius 2 is 2.19 bits per heavy atom. The number of ketones is 1. The van der Waals surface area contributed by atoms with Gasteiger partial charge in [-0.1, -0.05) is 24.2 Å². The van der Waals surface area contributed by atoms with Crippen LogP contribution in [0.15, 0.2) is 33.4 Å². The molecule has 0 radical (unpaired) electrons. The number of aryl methyl sites for hydroxylation is 2. The number of benzene rings is 1. The maximum atomic E-state index is 12.6. The van der Waals surface area contributed by atoms with E-state index >= 15 is 0 Å². The van der Waals surface area contributed by atoms with Crippen LogP contribution in [0, 0.1) is 0 Å². The van der Waals surface area contributed by atoms with E-state index in [1.807, 2.05) is 13.0 Å². The number of hydrogen-bond donors (Lipinski definition) is 0. The Kier molecular flexibility index (Phi) is 4.85. The van der Waals surface area contributed by atoms with Crippen LogP contribution in [0.5, 0.6) is 0 Å². The summed E-state index contributed by atoms with van der Waals surface area (Å²) in [7, 11) is 1.56. The molecule has 2 aromatic heterocycles. The summed E-state index contributed by atoms with van der Waals surface area (Å²) >= 11 is 0. The van der Waals surface area contributed by atoms with Crippen LogP contribution in [0.2, 0.25) is 0 Å². The molecule has 7 heteroatoms. The van der Waals surface area contributed by atoms with Gasteiger partial charge in [-0.25, -0.2) is 4.98 Å². The fourth-order valence-corrected chi connectivity index (χ4v) is 3.53. The minimum absolute atomic E-state index is 0.00575. The molecule has 0 saturated heterocycles. The Labute approximate surface area is 156 Å². The molecule has 1 aromatic carbocycles. The van der Waals surface area contributed by atoms with E-state index in [4.69, 9.17) is 13.7 Å². The van der Waals surface area contributed by atoms with Gasteiger partial charge < -0.3 is 13.7 Å². The summed E-state index contributed by atoms with van der Waals surface area (Å²) in [4.78, 5) is 21.1. The summed E-state index contributed by atoms with van der Waals surface area (Å²) in [6.07, 6.45) is 4.44. The Hall–Kier alpha value is -2.80. The highest BCUT2D eigenvalue weighted by Crippen LogP contribution is 2.38. The topological polar surface area (TPSA) is 91.2 Å². The molecule has 140 valence electrons. The smallest absolute Gasteiger partial charge is 0.226 e. The molecule has 0 spiro atoms. The third kappa shape index (κ3) is 3.55. The van der Waals surface area contributed by atoms with Crippen molar-refractivity contribution < 1.29 is 18.5 Å². The number of hydrogen-bond acceptors (Lipinski definition) is 7. The quantitative estimate of drug-likeness (QED) is 0.587. The van der Waals surface area contributed by atoms with Gasteiger partial charge in [0, 0.05) is 25.5 Å². The molecule has 1 atom stereocenters. The van der Waals surface area contributed by atoms with Gasteiger partial charge in [-0.3, -0.25) is 4.79 Å². The lowest BCUT2D eigenvalue weighted by atomic mass is 9.94. The summed E-state index contributed by atoms with van der Waals surface area (Å²) in [5, 5.41) is 4.04. The molecule has 2 heterocycles. The van der Waals surface area contributed by atoms with Crippen molar-refractivity contribution in [1.82, 2.24) is 15.1 Å².